The Bertz CT molecular complexity index is 1050. The van der Waals surface area contributed by atoms with Gasteiger partial charge in [0.15, 0.2) is 5.13 Å². The maximum atomic E-state index is 14.0. The highest BCUT2D eigenvalue weighted by Crippen LogP contribution is 2.37. The van der Waals surface area contributed by atoms with E-state index in [1.807, 2.05) is 24.3 Å². The summed E-state index contributed by atoms with van der Waals surface area (Å²) in [6, 6.07) is 7.25. The molecular weight excluding hydrogens is 472 g/mol. The zero-order chi connectivity index (χ0) is 24.8. The summed E-state index contributed by atoms with van der Waals surface area (Å²) in [5.74, 6) is 0.114. The zero-order valence-electron chi connectivity index (χ0n) is 19.9. The quantitative estimate of drug-likeness (QED) is 0.618. The summed E-state index contributed by atoms with van der Waals surface area (Å²) < 4.78 is 16.6. The van der Waals surface area contributed by atoms with Crippen molar-refractivity contribution < 1.29 is 28.6 Å². The third kappa shape index (κ3) is 5.80. The fourth-order valence-electron chi connectivity index (χ4n) is 4.49. The number of anilines is 1. The van der Waals surface area contributed by atoms with Crippen molar-refractivity contribution >= 4 is 34.2 Å². The van der Waals surface area contributed by atoms with Crippen molar-refractivity contribution in [3.8, 4) is 5.75 Å². The minimum atomic E-state index is -0.703. The molecule has 2 aromatic rings. The standard InChI is InChI=1S/C24H30N4O6S/c1-16(29)25-23-27-20(15-35-23)21(30)26-18-13-28(9-12-34-14-18)22(31)24(7-10-33-11-8-24)17-3-5-19(32-2)6-4-17/h3-6,15,18H,7-14H2,1-2H3,(H,26,30)(H,25,27,29). The molecule has 1 aromatic carbocycles. The van der Waals surface area contributed by atoms with Crippen molar-refractivity contribution in [1.82, 2.24) is 15.2 Å². The number of thiazole rings is 1. The fraction of sp³-hybridized carbons (Fsp3) is 0.500. The highest BCUT2D eigenvalue weighted by atomic mass is 32.1. The van der Waals surface area contributed by atoms with Gasteiger partial charge in [-0.25, -0.2) is 4.98 Å². The predicted octanol–water partition coefficient (Wildman–Crippen LogP) is 1.82. The number of rotatable bonds is 6. The minimum Gasteiger partial charge on any atom is -0.497 e. The molecule has 1 unspecified atom stereocenters. The summed E-state index contributed by atoms with van der Waals surface area (Å²) in [5.41, 5.74) is 0.441. The van der Waals surface area contributed by atoms with Gasteiger partial charge in [0.1, 0.15) is 11.4 Å². The van der Waals surface area contributed by atoms with Crippen molar-refractivity contribution in [3.63, 3.8) is 0 Å². The van der Waals surface area contributed by atoms with E-state index in [1.165, 1.54) is 18.3 Å². The molecule has 0 radical (unpaired) electrons. The van der Waals surface area contributed by atoms with Crippen LogP contribution in [0, 0.1) is 0 Å². The van der Waals surface area contributed by atoms with Crippen LogP contribution in [0.4, 0.5) is 5.13 Å². The maximum absolute atomic E-state index is 14.0. The first-order valence-electron chi connectivity index (χ1n) is 11.5. The Balaban J connectivity index is 1.49. The summed E-state index contributed by atoms with van der Waals surface area (Å²) in [6.45, 7) is 3.82. The number of carbonyl (C=O) groups is 3. The molecular formula is C24H30N4O6S. The lowest BCUT2D eigenvalue weighted by Gasteiger charge is -2.40. The number of carbonyl (C=O) groups excluding carboxylic acids is 3. The van der Waals surface area contributed by atoms with E-state index in [0.717, 1.165) is 11.3 Å². The summed E-state index contributed by atoms with van der Waals surface area (Å²) in [7, 11) is 1.61. The van der Waals surface area contributed by atoms with Crippen LogP contribution in [0.25, 0.3) is 0 Å². The first-order chi connectivity index (χ1) is 16.9. The van der Waals surface area contributed by atoms with Crippen LogP contribution < -0.4 is 15.4 Å². The first-order valence-corrected chi connectivity index (χ1v) is 12.4. The van der Waals surface area contributed by atoms with E-state index in [9.17, 15) is 14.4 Å². The fourth-order valence-corrected chi connectivity index (χ4v) is 5.22. The molecule has 3 heterocycles. The second-order valence-corrected chi connectivity index (χ2v) is 9.50. The van der Waals surface area contributed by atoms with Crippen LogP contribution in [0.2, 0.25) is 0 Å². The van der Waals surface area contributed by atoms with Crippen LogP contribution >= 0.6 is 11.3 Å². The zero-order valence-corrected chi connectivity index (χ0v) is 20.7. The van der Waals surface area contributed by atoms with Crippen LogP contribution in [0.5, 0.6) is 5.75 Å². The lowest BCUT2D eigenvalue weighted by atomic mass is 9.73. The molecule has 0 spiro atoms. The molecule has 0 aliphatic carbocycles. The number of methoxy groups -OCH3 is 1. The molecule has 2 aliphatic rings. The topological polar surface area (TPSA) is 119 Å². The molecule has 35 heavy (non-hydrogen) atoms. The van der Waals surface area contributed by atoms with Gasteiger partial charge in [-0.15, -0.1) is 11.3 Å². The molecule has 0 saturated carbocycles. The highest BCUT2D eigenvalue weighted by molar-refractivity contribution is 7.14. The summed E-state index contributed by atoms with van der Waals surface area (Å²) in [6.07, 6.45) is 1.16. The van der Waals surface area contributed by atoms with E-state index in [-0.39, 0.29) is 30.0 Å². The van der Waals surface area contributed by atoms with E-state index >= 15 is 0 Å². The van der Waals surface area contributed by atoms with Gasteiger partial charge in [0.05, 0.1) is 31.8 Å². The van der Waals surface area contributed by atoms with Gasteiger partial charge in [0.2, 0.25) is 11.8 Å². The highest BCUT2D eigenvalue weighted by Gasteiger charge is 2.44. The van der Waals surface area contributed by atoms with Gasteiger partial charge in [-0.1, -0.05) is 12.1 Å². The summed E-state index contributed by atoms with van der Waals surface area (Å²) in [4.78, 5) is 44.0. The smallest absolute Gasteiger partial charge is 0.271 e. The number of ether oxygens (including phenoxy) is 3. The Morgan fingerprint density at radius 2 is 1.89 bits per heavy atom. The van der Waals surface area contributed by atoms with Crippen LogP contribution in [0.1, 0.15) is 35.8 Å². The van der Waals surface area contributed by atoms with Crippen molar-refractivity contribution in [2.45, 2.75) is 31.2 Å². The Kier molecular flexibility index (Phi) is 7.99. The maximum Gasteiger partial charge on any atom is 0.271 e. The molecule has 2 saturated heterocycles. The monoisotopic (exact) mass is 502 g/mol. The molecule has 188 valence electrons. The van der Waals surface area contributed by atoms with E-state index in [1.54, 1.807) is 17.4 Å². The Morgan fingerprint density at radius 1 is 1.14 bits per heavy atom. The normalized spacial score (nSPS) is 19.9. The largest absolute Gasteiger partial charge is 0.497 e. The number of nitrogens with zero attached hydrogens (tertiary/aromatic N) is 2. The molecule has 2 N–H and O–H groups in total. The molecule has 1 aromatic heterocycles. The summed E-state index contributed by atoms with van der Waals surface area (Å²) >= 11 is 1.18. The van der Waals surface area contributed by atoms with Gasteiger partial charge in [-0.05, 0) is 30.5 Å². The van der Waals surface area contributed by atoms with Gasteiger partial charge in [-0.2, -0.15) is 0 Å². The number of amides is 3. The van der Waals surface area contributed by atoms with Crippen LogP contribution in [-0.2, 0) is 24.5 Å². The number of benzene rings is 1. The van der Waals surface area contributed by atoms with E-state index in [0.29, 0.717) is 50.9 Å². The third-order valence-electron chi connectivity index (χ3n) is 6.31. The van der Waals surface area contributed by atoms with E-state index < -0.39 is 11.5 Å². The number of aromatic nitrogens is 1. The molecule has 10 nitrogen and oxygen atoms in total. The van der Waals surface area contributed by atoms with E-state index in [2.05, 4.69) is 15.6 Å². The number of hydrogen-bond acceptors (Lipinski definition) is 8. The molecule has 11 heteroatoms. The Hall–Kier alpha value is -3.02. The SMILES string of the molecule is COc1ccc(C2(C(=O)N3CCOCC(NC(=O)c4csc(NC(C)=O)n4)C3)CCOCC2)cc1. The van der Waals surface area contributed by atoms with Gasteiger partial charge in [0.25, 0.3) is 5.91 Å². The molecule has 3 amide bonds. The van der Waals surface area contributed by atoms with Gasteiger partial charge in [0, 0.05) is 38.6 Å². The van der Waals surface area contributed by atoms with Gasteiger partial charge >= 0.3 is 0 Å². The van der Waals surface area contributed by atoms with Gasteiger partial charge < -0.3 is 29.7 Å². The lowest BCUT2D eigenvalue weighted by Crippen LogP contribution is -2.54. The first kappa shape index (κ1) is 25.1. The second-order valence-electron chi connectivity index (χ2n) is 8.64. The lowest BCUT2D eigenvalue weighted by molar-refractivity contribution is -0.141. The average Bonchev–Trinajstić information content (AvgIpc) is 3.21. The summed E-state index contributed by atoms with van der Waals surface area (Å²) in [5, 5.41) is 7.45. The molecule has 1 atom stereocenters. The minimum absolute atomic E-state index is 0.0114. The second kappa shape index (κ2) is 11.1. The average molecular weight is 503 g/mol. The molecule has 2 aliphatic heterocycles. The van der Waals surface area contributed by atoms with Crippen molar-refractivity contribution in [2.75, 3.05) is 51.9 Å². The Labute approximate surface area is 207 Å². The number of nitrogens with one attached hydrogen (secondary N) is 2. The Morgan fingerprint density at radius 3 is 2.57 bits per heavy atom. The van der Waals surface area contributed by atoms with E-state index in [4.69, 9.17) is 14.2 Å². The molecule has 0 bridgehead atoms. The van der Waals surface area contributed by atoms with Crippen molar-refractivity contribution in [2.24, 2.45) is 0 Å². The van der Waals surface area contributed by atoms with Crippen LogP contribution in [0.3, 0.4) is 0 Å². The van der Waals surface area contributed by atoms with Crippen LogP contribution in [0.15, 0.2) is 29.6 Å². The van der Waals surface area contributed by atoms with Crippen LogP contribution in [-0.4, -0.2) is 80.3 Å². The van der Waals surface area contributed by atoms with Crippen molar-refractivity contribution in [3.05, 3.63) is 40.9 Å². The van der Waals surface area contributed by atoms with Crippen molar-refractivity contribution in [1.29, 1.82) is 0 Å². The molecule has 2 fully saturated rings. The predicted molar refractivity (Wildman–Crippen MR) is 130 cm³/mol. The number of hydrogen-bond donors (Lipinski definition) is 2. The third-order valence-corrected chi connectivity index (χ3v) is 7.06. The molecule has 4 rings (SSSR count). The van der Waals surface area contributed by atoms with Gasteiger partial charge in [-0.3, -0.25) is 14.4 Å².